The Morgan fingerprint density at radius 3 is 2.24 bits per heavy atom. The zero-order chi connectivity index (χ0) is 25.5. The SMILES string of the molecule is CC(=O)[O-].CC(C)(C)OC(=O)N1CC2CC(C1)C[N+](C)(C[C@H](O)COc1ccc(C#N)cc1)C2. The van der Waals surface area contributed by atoms with Gasteiger partial charge in [-0.1, -0.05) is 0 Å². The van der Waals surface area contributed by atoms with Gasteiger partial charge >= 0.3 is 6.09 Å². The number of ether oxygens (including phenoxy) is 2. The highest BCUT2D eigenvalue weighted by atomic mass is 16.6. The van der Waals surface area contributed by atoms with Gasteiger partial charge in [-0.2, -0.15) is 5.26 Å². The smallest absolute Gasteiger partial charge is 0.410 e. The summed E-state index contributed by atoms with van der Waals surface area (Å²) in [6.07, 6.45) is 0.334. The summed E-state index contributed by atoms with van der Waals surface area (Å²) in [7, 11) is 2.19. The molecule has 2 saturated heterocycles. The number of carbonyl (C=O) groups excluding carboxylic acids is 2. The van der Waals surface area contributed by atoms with Gasteiger partial charge in [0.1, 0.15) is 30.6 Å². The van der Waals surface area contributed by atoms with Gasteiger partial charge in [-0.05, 0) is 58.4 Å². The molecule has 2 unspecified atom stereocenters. The van der Waals surface area contributed by atoms with Crippen LogP contribution in [-0.2, 0) is 9.53 Å². The molecule has 188 valence electrons. The van der Waals surface area contributed by atoms with Crippen LogP contribution in [0.25, 0.3) is 0 Å². The van der Waals surface area contributed by atoms with Gasteiger partial charge < -0.3 is 33.9 Å². The topological polar surface area (TPSA) is 123 Å². The number of hydrogen-bond acceptors (Lipinski definition) is 7. The second-order valence-electron chi connectivity index (χ2n) is 10.6. The first-order valence-electron chi connectivity index (χ1n) is 11.6. The first-order valence-corrected chi connectivity index (χ1v) is 11.6. The van der Waals surface area contributed by atoms with E-state index in [2.05, 4.69) is 13.1 Å². The average Bonchev–Trinajstić information content (AvgIpc) is 2.69. The van der Waals surface area contributed by atoms with E-state index in [4.69, 9.17) is 24.6 Å². The predicted molar refractivity (Wildman–Crippen MR) is 124 cm³/mol. The molecule has 1 aromatic carbocycles. The van der Waals surface area contributed by atoms with Crippen molar-refractivity contribution >= 4 is 12.1 Å². The molecule has 34 heavy (non-hydrogen) atoms. The van der Waals surface area contributed by atoms with E-state index in [1.807, 2.05) is 25.7 Å². The molecule has 2 aliphatic heterocycles. The first-order chi connectivity index (χ1) is 15.8. The zero-order valence-corrected chi connectivity index (χ0v) is 20.8. The maximum absolute atomic E-state index is 12.5. The minimum absolute atomic E-state index is 0.218. The lowest BCUT2D eigenvalue weighted by molar-refractivity contribution is -0.924. The average molecular weight is 476 g/mol. The van der Waals surface area contributed by atoms with Gasteiger partial charge in [0.2, 0.25) is 0 Å². The Morgan fingerprint density at radius 1 is 1.24 bits per heavy atom. The van der Waals surface area contributed by atoms with E-state index in [0.29, 0.717) is 29.7 Å². The Balaban J connectivity index is 0.000000945. The number of aliphatic hydroxyl groups excluding tert-OH is 1. The maximum atomic E-state index is 12.5. The van der Waals surface area contributed by atoms with Crippen molar-refractivity contribution in [2.24, 2.45) is 11.8 Å². The van der Waals surface area contributed by atoms with E-state index in [1.165, 1.54) is 0 Å². The van der Waals surface area contributed by atoms with Crippen molar-refractivity contribution in [2.75, 3.05) is 46.4 Å². The molecule has 1 amide bonds. The fourth-order valence-corrected chi connectivity index (χ4v) is 4.91. The largest absolute Gasteiger partial charge is 0.550 e. The molecule has 0 saturated carbocycles. The van der Waals surface area contributed by atoms with Crippen molar-refractivity contribution in [3.05, 3.63) is 29.8 Å². The molecular formula is C25H37N3O6. The third-order valence-corrected chi connectivity index (χ3v) is 5.75. The number of nitriles is 1. The normalized spacial score (nSPS) is 24.7. The van der Waals surface area contributed by atoms with Crippen molar-refractivity contribution < 1.29 is 33.8 Å². The molecule has 1 aromatic rings. The van der Waals surface area contributed by atoms with Crippen LogP contribution in [0.1, 0.15) is 39.7 Å². The van der Waals surface area contributed by atoms with Crippen LogP contribution in [0.5, 0.6) is 5.75 Å². The Bertz CT molecular complexity index is 856. The summed E-state index contributed by atoms with van der Waals surface area (Å²) in [5.41, 5.74) is 0.106. The second-order valence-corrected chi connectivity index (χ2v) is 10.6. The Morgan fingerprint density at radius 2 is 1.76 bits per heavy atom. The number of benzene rings is 1. The molecule has 2 aliphatic rings. The zero-order valence-electron chi connectivity index (χ0n) is 20.8. The first kappa shape index (κ1) is 27.4. The van der Waals surface area contributed by atoms with Crippen molar-refractivity contribution in [2.45, 2.75) is 45.8 Å². The van der Waals surface area contributed by atoms with Gasteiger partial charge in [0, 0.05) is 30.9 Å². The molecule has 3 rings (SSSR count). The fourth-order valence-electron chi connectivity index (χ4n) is 4.91. The number of fused-ring (bicyclic) bond motifs is 2. The summed E-state index contributed by atoms with van der Waals surface area (Å²) in [5.74, 6) is 0.405. The van der Waals surface area contributed by atoms with E-state index in [-0.39, 0.29) is 12.7 Å². The van der Waals surface area contributed by atoms with E-state index in [0.717, 1.165) is 44.0 Å². The number of likely N-dealkylation sites (tertiary alicyclic amines) is 2. The highest BCUT2D eigenvalue weighted by Crippen LogP contribution is 2.33. The van der Waals surface area contributed by atoms with Gasteiger partial charge in [-0.15, -0.1) is 0 Å². The van der Waals surface area contributed by atoms with Crippen LogP contribution in [0, 0.1) is 23.2 Å². The number of amides is 1. The molecule has 3 atom stereocenters. The fraction of sp³-hybridized carbons (Fsp3) is 0.640. The van der Waals surface area contributed by atoms with E-state index < -0.39 is 17.7 Å². The number of hydrogen-bond donors (Lipinski definition) is 1. The molecule has 0 aliphatic carbocycles. The van der Waals surface area contributed by atoms with Crippen LogP contribution < -0.4 is 9.84 Å². The second kappa shape index (κ2) is 11.5. The highest BCUT2D eigenvalue weighted by Gasteiger charge is 2.44. The van der Waals surface area contributed by atoms with Gasteiger partial charge in [0.15, 0.2) is 0 Å². The maximum Gasteiger partial charge on any atom is 0.410 e. The van der Waals surface area contributed by atoms with Crippen LogP contribution in [0.2, 0.25) is 0 Å². The predicted octanol–water partition coefficient (Wildman–Crippen LogP) is 1.39. The van der Waals surface area contributed by atoms with Crippen molar-refractivity contribution in [3.63, 3.8) is 0 Å². The molecule has 2 fully saturated rings. The number of carboxylic acids is 1. The van der Waals surface area contributed by atoms with Crippen molar-refractivity contribution in [1.29, 1.82) is 5.26 Å². The summed E-state index contributed by atoms with van der Waals surface area (Å²) < 4.78 is 12.0. The molecule has 0 aromatic heterocycles. The van der Waals surface area contributed by atoms with E-state index >= 15 is 0 Å². The molecule has 2 heterocycles. The number of carbonyl (C=O) groups is 2. The van der Waals surface area contributed by atoms with Gasteiger partial charge in [-0.25, -0.2) is 4.79 Å². The van der Waals surface area contributed by atoms with Gasteiger partial charge in [-0.3, -0.25) is 0 Å². The number of quaternary nitrogens is 1. The monoisotopic (exact) mass is 475 g/mol. The molecule has 9 heteroatoms. The number of aliphatic carboxylic acids is 1. The minimum atomic E-state index is -1.08. The van der Waals surface area contributed by atoms with Gasteiger partial charge in [0.05, 0.1) is 31.8 Å². The van der Waals surface area contributed by atoms with Crippen LogP contribution in [0.15, 0.2) is 24.3 Å². The number of carboxylic acid groups (broad SMARTS) is 1. The lowest BCUT2D eigenvalue weighted by Crippen LogP contribution is -2.63. The van der Waals surface area contributed by atoms with E-state index in [9.17, 15) is 9.90 Å². The van der Waals surface area contributed by atoms with Crippen LogP contribution >= 0.6 is 0 Å². The Labute approximate surface area is 202 Å². The number of nitrogens with zero attached hydrogens (tertiary/aromatic N) is 3. The Hall–Kier alpha value is -2.83. The standard InChI is InChI=1S/C23H34N3O4.C2H4O2/c1-23(2,3)30-22(28)25-11-18-9-19(12-25)14-26(4,13-18)15-20(27)16-29-21-7-5-17(10-24)6-8-21;1-2(3)4/h5-8,18-20,27H,9,11-16H2,1-4H3;1H3,(H,3,4)/q+1;/p-1/t18?,19?,20-,26?;/m0./s1. The summed E-state index contributed by atoms with van der Waals surface area (Å²) in [4.78, 5) is 23.2. The third-order valence-electron chi connectivity index (χ3n) is 5.75. The third kappa shape index (κ3) is 9.20. The van der Waals surface area contributed by atoms with Crippen LogP contribution in [0.3, 0.4) is 0 Å². The van der Waals surface area contributed by atoms with Gasteiger partial charge in [0.25, 0.3) is 0 Å². The summed E-state index contributed by atoms with van der Waals surface area (Å²) in [5, 5.41) is 28.3. The van der Waals surface area contributed by atoms with Crippen LogP contribution in [-0.4, -0.2) is 84.6 Å². The lowest BCUT2D eigenvalue weighted by Gasteiger charge is -2.50. The molecule has 1 N–H and O–H groups in total. The lowest BCUT2D eigenvalue weighted by atomic mass is 9.83. The number of rotatable bonds is 5. The molecule has 0 spiro atoms. The Kier molecular flexibility index (Phi) is 9.30. The van der Waals surface area contributed by atoms with Crippen LogP contribution in [0.4, 0.5) is 4.79 Å². The highest BCUT2D eigenvalue weighted by molar-refractivity contribution is 5.68. The van der Waals surface area contributed by atoms with E-state index in [1.54, 1.807) is 24.3 Å². The van der Waals surface area contributed by atoms with Crippen molar-refractivity contribution in [1.82, 2.24) is 4.90 Å². The molecular weight excluding hydrogens is 438 g/mol. The number of likely N-dealkylation sites (N-methyl/N-ethyl adjacent to an activating group) is 1. The summed E-state index contributed by atoms with van der Waals surface area (Å²) in [6, 6.07) is 8.99. The number of aliphatic hydroxyl groups is 1. The molecule has 2 bridgehead atoms. The minimum Gasteiger partial charge on any atom is -0.550 e. The summed E-state index contributed by atoms with van der Waals surface area (Å²) >= 11 is 0. The molecule has 9 nitrogen and oxygen atoms in total. The quantitative estimate of drug-likeness (QED) is 0.638. The number of piperidine rings is 2. The molecule has 0 radical (unpaired) electrons. The van der Waals surface area contributed by atoms with Crippen molar-refractivity contribution in [3.8, 4) is 11.8 Å². The summed E-state index contributed by atoms with van der Waals surface area (Å²) in [6.45, 7) is 10.8.